The van der Waals surface area contributed by atoms with Gasteiger partial charge in [-0.05, 0) is 40.6 Å². The molecule has 0 bridgehead atoms. The van der Waals surface area contributed by atoms with Crippen molar-refractivity contribution in [2.45, 2.75) is 13.1 Å². The molecular formula is C18H15ClN4OS2. The van der Waals surface area contributed by atoms with E-state index in [1.54, 1.807) is 29.9 Å². The Balaban J connectivity index is 1.58. The van der Waals surface area contributed by atoms with E-state index >= 15 is 0 Å². The molecule has 0 aliphatic carbocycles. The van der Waals surface area contributed by atoms with Crippen LogP contribution in [0.4, 0.5) is 0 Å². The number of imidazole rings is 1. The number of pyridine rings is 1. The molecule has 0 fully saturated rings. The lowest BCUT2D eigenvalue weighted by molar-refractivity contribution is 0.0742. The van der Waals surface area contributed by atoms with E-state index in [9.17, 15) is 4.79 Å². The number of hydrogen-bond donors (Lipinski definition) is 0. The molecule has 0 saturated heterocycles. The van der Waals surface area contributed by atoms with Gasteiger partial charge in [0.25, 0.3) is 5.91 Å². The van der Waals surface area contributed by atoms with Crippen LogP contribution >= 0.6 is 34.3 Å². The number of aromatic nitrogens is 3. The number of nitrogens with zero attached hydrogens (tertiary/aromatic N) is 4. The first-order valence-electron chi connectivity index (χ1n) is 8.01. The van der Waals surface area contributed by atoms with Gasteiger partial charge in [0.05, 0.1) is 21.4 Å². The second-order valence-corrected chi connectivity index (χ2v) is 8.04. The van der Waals surface area contributed by atoms with Crippen LogP contribution < -0.4 is 0 Å². The first kappa shape index (κ1) is 17.2. The summed E-state index contributed by atoms with van der Waals surface area (Å²) in [7, 11) is 0. The summed E-state index contributed by atoms with van der Waals surface area (Å²) in [5.74, 6) is 0.00966. The number of carbonyl (C=O) groups excluding carboxylic acids is 1. The number of fused-ring (bicyclic) bond motifs is 1. The topological polar surface area (TPSA) is 51.0 Å². The molecule has 0 unspecified atom stereocenters. The normalized spacial score (nSPS) is 11.1. The molecule has 4 heterocycles. The maximum Gasteiger partial charge on any atom is 0.264 e. The van der Waals surface area contributed by atoms with Crippen LogP contribution in [0.1, 0.15) is 15.2 Å². The second-order valence-electron chi connectivity index (χ2n) is 5.79. The fraction of sp³-hybridized carbons (Fsp3) is 0.167. The van der Waals surface area contributed by atoms with E-state index in [1.807, 2.05) is 33.2 Å². The SMILES string of the molecule is O=C(c1cc2nc(Cl)ccc2s1)N(CCn1ccnc1)Cc1ccsc1. The van der Waals surface area contributed by atoms with E-state index in [0.29, 0.717) is 29.7 Å². The Morgan fingerprint density at radius 2 is 2.23 bits per heavy atom. The van der Waals surface area contributed by atoms with Gasteiger partial charge in [-0.15, -0.1) is 11.3 Å². The third-order valence-electron chi connectivity index (χ3n) is 3.98. The minimum Gasteiger partial charge on any atom is -0.336 e. The van der Waals surface area contributed by atoms with Gasteiger partial charge >= 0.3 is 0 Å². The fourth-order valence-corrected chi connectivity index (χ4v) is 4.45. The van der Waals surface area contributed by atoms with Crippen LogP contribution in [0.2, 0.25) is 5.15 Å². The number of carbonyl (C=O) groups is 1. The lowest BCUT2D eigenvalue weighted by atomic mass is 10.3. The van der Waals surface area contributed by atoms with Crippen LogP contribution in [0, 0.1) is 0 Å². The molecule has 8 heteroatoms. The van der Waals surface area contributed by atoms with E-state index in [0.717, 1.165) is 15.8 Å². The molecule has 4 aromatic heterocycles. The van der Waals surface area contributed by atoms with Crippen LogP contribution in [0.25, 0.3) is 10.2 Å². The van der Waals surface area contributed by atoms with Crippen molar-refractivity contribution in [1.29, 1.82) is 0 Å². The molecule has 0 N–H and O–H groups in total. The van der Waals surface area contributed by atoms with Gasteiger partial charge in [-0.3, -0.25) is 4.79 Å². The Labute approximate surface area is 163 Å². The zero-order valence-electron chi connectivity index (χ0n) is 13.7. The van der Waals surface area contributed by atoms with Crippen LogP contribution in [0.15, 0.2) is 53.7 Å². The highest BCUT2D eigenvalue weighted by Crippen LogP contribution is 2.27. The zero-order valence-corrected chi connectivity index (χ0v) is 16.1. The highest BCUT2D eigenvalue weighted by molar-refractivity contribution is 7.20. The predicted octanol–water partition coefficient (Wildman–Crippen LogP) is 4.55. The fourth-order valence-electron chi connectivity index (χ4n) is 2.67. The van der Waals surface area contributed by atoms with Crippen molar-refractivity contribution in [2.24, 2.45) is 0 Å². The Morgan fingerprint density at radius 3 is 3.00 bits per heavy atom. The van der Waals surface area contributed by atoms with Crippen LogP contribution in [-0.4, -0.2) is 31.9 Å². The van der Waals surface area contributed by atoms with Crippen molar-refractivity contribution >= 4 is 50.4 Å². The highest BCUT2D eigenvalue weighted by Gasteiger charge is 2.19. The molecule has 0 radical (unpaired) electrons. The highest BCUT2D eigenvalue weighted by atomic mass is 35.5. The van der Waals surface area contributed by atoms with Crippen molar-refractivity contribution in [3.8, 4) is 0 Å². The van der Waals surface area contributed by atoms with Gasteiger partial charge in [0.1, 0.15) is 5.15 Å². The average Bonchev–Trinajstić information content (AvgIpc) is 3.38. The van der Waals surface area contributed by atoms with Crippen molar-refractivity contribution < 1.29 is 4.79 Å². The second kappa shape index (κ2) is 7.57. The maximum atomic E-state index is 13.1. The molecule has 0 saturated carbocycles. The predicted molar refractivity (Wildman–Crippen MR) is 106 cm³/mol. The Bertz CT molecular complexity index is 1010. The van der Waals surface area contributed by atoms with E-state index < -0.39 is 0 Å². The quantitative estimate of drug-likeness (QED) is 0.444. The number of hydrogen-bond acceptors (Lipinski definition) is 5. The summed E-state index contributed by atoms with van der Waals surface area (Å²) in [6, 6.07) is 7.53. The third kappa shape index (κ3) is 3.80. The van der Waals surface area contributed by atoms with E-state index in [4.69, 9.17) is 11.6 Å². The number of rotatable bonds is 6. The molecule has 0 aromatic carbocycles. The Kier molecular flexibility index (Phi) is 5.01. The van der Waals surface area contributed by atoms with Crippen molar-refractivity contribution in [3.05, 3.63) is 69.3 Å². The summed E-state index contributed by atoms with van der Waals surface area (Å²) in [5, 5.41) is 4.53. The van der Waals surface area contributed by atoms with Crippen LogP contribution in [-0.2, 0) is 13.1 Å². The lowest BCUT2D eigenvalue weighted by Crippen LogP contribution is -2.32. The molecule has 5 nitrogen and oxygen atoms in total. The molecular weight excluding hydrogens is 388 g/mol. The molecule has 4 aromatic rings. The summed E-state index contributed by atoms with van der Waals surface area (Å²) in [5.41, 5.74) is 1.90. The average molecular weight is 403 g/mol. The standard InChI is InChI=1S/C18H15ClN4OS2/c19-17-2-1-15-14(21-17)9-16(26-15)18(24)23(10-13-3-8-25-11-13)7-6-22-5-4-20-12-22/h1-5,8-9,11-12H,6-7,10H2. The first-order valence-corrected chi connectivity index (χ1v) is 10.1. The molecule has 0 aliphatic rings. The number of thiophene rings is 2. The molecule has 26 heavy (non-hydrogen) atoms. The number of halogens is 1. The minimum atomic E-state index is 0.00966. The molecule has 0 spiro atoms. The van der Waals surface area contributed by atoms with Gasteiger partial charge in [-0.1, -0.05) is 11.6 Å². The Morgan fingerprint density at radius 1 is 1.31 bits per heavy atom. The van der Waals surface area contributed by atoms with E-state index in [-0.39, 0.29) is 5.91 Å². The van der Waals surface area contributed by atoms with Gasteiger partial charge in [-0.25, -0.2) is 9.97 Å². The third-order valence-corrected chi connectivity index (χ3v) is 6.00. The summed E-state index contributed by atoms with van der Waals surface area (Å²) in [6.07, 6.45) is 5.41. The van der Waals surface area contributed by atoms with Gasteiger partial charge < -0.3 is 9.47 Å². The molecule has 0 atom stereocenters. The van der Waals surface area contributed by atoms with Crippen LogP contribution in [0.5, 0.6) is 0 Å². The molecule has 132 valence electrons. The first-order chi connectivity index (χ1) is 12.7. The lowest BCUT2D eigenvalue weighted by Gasteiger charge is -2.22. The summed E-state index contributed by atoms with van der Waals surface area (Å²) in [4.78, 5) is 24.0. The van der Waals surface area contributed by atoms with E-state index in [1.165, 1.54) is 11.3 Å². The maximum absolute atomic E-state index is 13.1. The Hall–Kier alpha value is -2.22. The molecule has 1 amide bonds. The largest absolute Gasteiger partial charge is 0.336 e. The minimum absolute atomic E-state index is 0.00966. The van der Waals surface area contributed by atoms with Gasteiger partial charge in [0.2, 0.25) is 0 Å². The van der Waals surface area contributed by atoms with Crippen LogP contribution in [0.3, 0.4) is 0 Å². The van der Waals surface area contributed by atoms with Gasteiger partial charge in [-0.2, -0.15) is 11.3 Å². The van der Waals surface area contributed by atoms with Crippen molar-refractivity contribution in [1.82, 2.24) is 19.4 Å². The molecule has 0 aliphatic heterocycles. The van der Waals surface area contributed by atoms with Gasteiger partial charge in [0.15, 0.2) is 0 Å². The summed E-state index contributed by atoms with van der Waals surface area (Å²) >= 11 is 9.05. The van der Waals surface area contributed by atoms with Crippen molar-refractivity contribution in [2.75, 3.05) is 6.54 Å². The van der Waals surface area contributed by atoms with Crippen molar-refractivity contribution in [3.63, 3.8) is 0 Å². The molecule has 4 rings (SSSR count). The summed E-state index contributed by atoms with van der Waals surface area (Å²) in [6.45, 7) is 1.89. The van der Waals surface area contributed by atoms with Gasteiger partial charge in [0, 0.05) is 32.0 Å². The zero-order chi connectivity index (χ0) is 17.9. The monoisotopic (exact) mass is 402 g/mol. The van der Waals surface area contributed by atoms with E-state index in [2.05, 4.69) is 21.4 Å². The smallest absolute Gasteiger partial charge is 0.264 e. The summed E-state index contributed by atoms with van der Waals surface area (Å²) < 4.78 is 2.93. The number of amides is 1.